The fourth-order valence-electron chi connectivity index (χ4n) is 2.72. The van der Waals surface area contributed by atoms with Crippen LogP contribution in [0.4, 0.5) is 0 Å². The van der Waals surface area contributed by atoms with Gasteiger partial charge in [-0.3, -0.25) is 4.79 Å². The zero-order valence-electron chi connectivity index (χ0n) is 13.3. The minimum Gasteiger partial charge on any atom is -0.493 e. The van der Waals surface area contributed by atoms with Crippen molar-refractivity contribution in [3.8, 4) is 11.5 Å². The number of piperidine rings is 1. The molecule has 1 saturated heterocycles. The van der Waals surface area contributed by atoms with Gasteiger partial charge in [-0.15, -0.1) is 11.3 Å². The lowest BCUT2D eigenvalue weighted by Gasteiger charge is -2.32. The third-order valence-corrected chi connectivity index (χ3v) is 4.95. The molecule has 0 unspecified atom stereocenters. The van der Waals surface area contributed by atoms with Crippen LogP contribution in [-0.4, -0.2) is 42.1 Å². The van der Waals surface area contributed by atoms with Gasteiger partial charge in [0.1, 0.15) is 11.0 Å². The molecule has 0 atom stereocenters. The molecule has 2 aromatic rings. The molecule has 6 heteroatoms. The number of carbonyl (C=O) groups excluding carboxylic acids is 1. The first-order valence-electron chi connectivity index (χ1n) is 7.68. The Labute approximate surface area is 139 Å². The highest BCUT2D eigenvalue weighted by molar-refractivity contribution is 7.11. The molecule has 1 aromatic carbocycles. The number of ether oxygens (including phenoxy) is 2. The first-order valence-corrected chi connectivity index (χ1v) is 8.56. The van der Waals surface area contributed by atoms with Gasteiger partial charge in [-0.1, -0.05) is 12.1 Å². The predicted molar refractivity (Wildman–Crippen MR) is 89.4 cm³/mol. The Hall–Kier alpha value is -2.08. The standard InChI is InChI=1S/C17H20N2O3S/c1-12-16(23-11-18-12)17(20)19-9-7-13(8-10-19)22-15-6-4-3-5-14(15)21-2/h3-6,11,13H,7-10H2,1-2H3. The highest BCUT2D eigenvalue weighted by atomic mass is 32.1. The van der Waals surface area contributed by atoms with Crippen molar-refractivity contribution < 1.29 is 14.3 Å². The molecule has 1 aliphatic rings. The molecule has 0 saturated carbocycles. The molecule has 0 N–H and O–H groups in total. The van der Waals surface area contributed by atoms with Gasteiger partial charge < -0.3 is 14.4 Å². The molecule has 1 aliphatic heterocycles. The molecule has 2 heterocycles. The van der Waals surface area contributed by atoms with E-state index in [0.717, 1.165) is 34.9 Å². The summed E-state index contributed by atoms with van der Waals surface area (Å²) in [6, 6.07) is 7.66. The summed E-state index contributed by atoms with van der Waals surface area (Å²) in [5, 5.41) is 0. The summed E-state index contributed by atoms with van der Waals surface area (Å²) in [4.78, 5) is 19.3. The number of para-hydroxylation sites is 2. The number of amides is 1. The lowest BCUT2D eigenvalue weighted by atomic mass is 10.1. The fourth-order valence-corrected chi connectivity index (χ4v) is 3.49. The summed E-state index contributed by atoms with van der Waals surface area (Å²) >= 11 is 1.41. The molecule has 1 amide bonds. The predicted octanol–water partition coefficient (Wildman–Crippen LogP) is 3.14. The molecule has 5 nitrogen and oxygen atoms in total. The average Bonchev–Trinajstić information content (AvgIpc) is 3.01. The molecule has 3 rings (SSSR count). The van der Waals surface area contributed by atoms with Crippen LogP contribution in [0.2, 0.25) is 0 Å². The molecule has 122 valence electrons. The number of thiazole rings is 1. The number of likely N-dealkylation sites (tertiary alicyclic amines) is 1. The molecule has 0 bridgehead atoms. The second-order valence-corrected chi connectivity index (χ2v) is 6.38. The second-order valence-electron chi connectivity index (χ2n) is 5.53. The summed E-state index contributed by atoms with van der Waals surface area (Å²) < 4.78 is 11.4. The van der Waals surface area contributed by atoms with Crippen molar-refractivity contribution in [1.82, 2.24) is 9.88 Å². The molecular formula is C17H20N2O3S. The summed E-state index contributed by atoms with van der Waals surface area (Å²) in [6.07, 6.45) is 1.75. The van der Waals surface area contributed by atoms with Gasteiger partial charge in [-0.2, -0.15) is 0 Å². The molecule has 0 spiro atoms. The Bertz CT molecular complexity index is 678. The number of nitrogens with zero attached hydrogens (tertiary/aromatic N) is 2. The number of benzene rings is 1. The van der Waals surface area contributed by atoms with E-state index in [1.807, 2.05) is 36.1 Å². The Morgan fingerprint density at radius 2 is 1.96 bits per heavy atom. The van der Waals surface area contributed by atoms with Crippen molar-refractivity contribution in [2.75, 3.05) is 20.2 Å². The quantitative estimate of drug-likeness (QED) is 0.863. The molecule has 23 heavy (non-hydrogen) atoms. The maximum absolute atomic E-state index is 12.5. The summed E-state index contributed by atoms with van der Waals surface area (Å²) in [7, 11) is 1.64. The Kier molecular flexibility index (Phi) is 4.81. The van der Waals surface area contributed by atoms with Crippen molar-refractivity contribution in [1.29, 1.82) is 0 Å². The van der Waals surface area contributed by atoms with Crippen molar-refractivity contribution >= 4 is 17.2 Å². The number of rotatable bonds is 4. The van der Waals surface area contributed by atoms with Gasteiger partial charge in [0.15, 0.2) is 11.5 Å². The van der Waals surface area contributed by atoms with Crippen LogP contribution in [0, 0.1) is 6.92 Å². The summed E-state index contributed by atoms with van der Waals surface area (Å²) in [5.41, 5.74) is 2.53. The minimum atomic E-state index is 0.0840. The lowest BCUT2D eigenvalue weighted by Crippen LogP contribution is -2.41. The van der Waals surface area contributed by atoms with E-state index in [-0.39, 0.29) is 12.0 Å². The van der Waals surface area contributed by atoms with E-state index in [9.17, 15) is 4.79 Å². The third kappa shape index (κ3) is 3.47. The van der Waals surface area contributed by atoms with E-state index in [0.29, 0.717) is 13.1 Å². The van der Waals surface area contributed by atoms with Crippen LogP contribution in [0.5, 0.6) is 11.5 Å². The highest BCUT2D eigenvalue weighted by Crippen LogP contribution is 2.29. The van der Waals surface area contributed by atoms with Gasteiger partial charge in [0.05, 0.1) is 18.3 Å². The van der Waals surface area contributed by atoms with Gasteiger partial charge in [-0.05, 0) is 19.1 Å². The van der Waals surface area contributed by atoms with Crippen LogP contribution >= 0.6 is 11.3 Å². The normalized spacial score (nSPS) is 15.5. The van der Waals surface area contributed by atoms with Gasteiger partial charge >= 0.3 is 0 Å². The smallest absolute Gasteiger partial charge is 0.265 e. The molecule has 0 aliphatic carbocycles. The summed E-state index contributed by atoms with van der Waals surface area (Å²) in [5.74, 6) is 1.59. The third-order valence-electron chi connectivity index (χ3n) is 4.03. The minimum absolute atomic E-state index is 0.0840. The van der Waals surface area contributed by atoms with E-state index in [4.69, 9.17) is 9.47 Å². The molecular weight excluding hydrogens is 312 g/mol. The largest absolute Gasteiger partial charge is 0.493 e. The molecule has 1 fully saturated rings. The van der Waals surface area contributed by atoms with Crippen molar-refractivity contribution in [2.24, 2.45) is 0 Å². The zero-order valence-corrected chi connectivity index (χ0v) is 14.1. The first-order chi connectivity index (χ1) is 11.2. The van der Waals surface area contributed by atoms with Crippen molar-refractivity contribution in [3.05, 3.63) is 40.3 Å². The molecule has 1 aromatic heterocycles. The van der Waals surface area contributed by atoms with E-state index >= 15 is 0 Å². The van der Waals surface area contributed by atoms with Crippen LogP contribution in [-0.2, 0) is 0 Å². The van der Waals surface area contributed by atoms with E-state index in [1.165, 1.54) is 11.3 Å². The number of aromatic nitrogens is 1. The molecule has 0 radical (unpaired) electrons. The fraction of sp³-hybridized carbons (Fsp3) is 0.412. The van der Waals surface area contributed by atoms with Crippen LogP contribution in [0.1, 0.15) is 28.2 Å². The van der Waals surface area contributed by atoms with Crippen LogP contribution in [0.15, 0.2) is 29.8 Å². The number of hydrogen-bond acceptors (Lipinski definition) is 5. The lowest BCUT2D eigenvalue weighted by molar-refractivity contribution is 0.0594. The van der Waals surface area contributed by atoms with Crippen LogP contribution < -0.4 is 9.47 Å². The van der Waals surface area contributed by atoms with E-state index < -0.39 is 0 Å². The Morgan fingerprint density at radius 1 is 1.26 bits per heavy atom. The van der Waals surface area contributed by atoms with Gasteiger partial charge in [0.25, 0.3) is 5.91 Å². The maximum Gasteiger partial charge on any atom is 0.265 e. The highest BCUT2D eigenvalue weighted by Gasteiger charge is 2.26. The SMILES string of the molecule is COc1ccccc1OC1CCN(C(=O)c2scnc2C)CC1. The number of hydrogen-bond donors (Lipinski definition) is 0. The Balaban J connectivity index is 1.58. The van der Waals surface area contributed by atoms with Crippen LogP contribution in [0.3, 0.4) is 0 Å². The number of carbonyl (C=O) groups is 1. The zero-order chi connectivity index (χ0) is 16.2. The van der Waals surface area contributed by atoms with Crippen molar-refractivity contribution in [2.45, 2.75) is 25.9 Å². The topological polar surface area (TPSA) is 51.7 Å². The van der Waals surface area contributed by atoms with Gasteiger partial charge in [0, 0.05) is 25.9 Å². The van der Waals surface area contributed by atoms with E-state index in [1.54, 1.807) is 12.6 Å². The maximum atomic E-state index is 12.5. The van der Waals surface area contributed by atoms with Crippen LogP contribution in [0.25, 0.3) is 0 Å². The average molecular weight is 332 g/mol. The monoisotopic (exact) mass is 332 g/mol. The number of methoxy groups -OCH3 is 1. The van der Waals surface area contributed by atoms with Gasteiger partial charge in [-0.25, -0.2) is 4.98 Å². The second kappa shape index (κ2) is 7.00. The first kappa shape index (κ1) is 15.8. The van der Waals surface area contributed by atoms with E-state index in [2.05, 4.69) is 4.98 Å². The summed E-state index contributed by atoms with van der Waals surface area (Å²) in [6.45, 7) is 3.28. The number of aryl methyl sites for hydroxylation is 1. The van der Waals surface area contributed by atoms with Crippen molar-refractivity contribution in [3.63, 3.8) is 0 Å². The Morgan fingerprint density at radius 3 is 2.57 bits per heavy atom. The van der Waals surface area contributed by atoms with Gasteiger partial charge in [0.2, 0.25) is 0 Å².